The molecule has 0 saturated heterocycles. The van der Waals surface area contributed by atoms with Crippen molar-refractivity contribution < 1.29 is 22.8 Å². The number of rotatable bonds is 4. The van der Waals surface area contributed by atoms with Crippen molar-refractivity contribution in [1.29, 1.82) is 10.5 Å². The van der Waals surface area contributed by atoms with Gasteiger partial charge < -0.3 is 15.5 Å². The van der Waals surface area contributed by atoms with Crippen molar-refractivity contribution in [3.8, 4) is 34.8 Å². The third kappa shape index (κ3) is 4.06. The Kier molecular flexibility index (Phi) is 5.55. The van der Waals surface area contributed by atoms with E-state index in [2.05, 4.69) is 4.98 Å². The Morgan fingerprint density at radius 2 is 1.78 bits per heavy atom. The first-order chi connectivity index (χ1) is 15.1. The fraction of sp³-hybridized carbons (Fsp3) is 0.0500. The molecule has 3 aromatic rings. The van der Waals surface area contributed by atoms with Gasteiger partial charge in [0.25, 0.3) is 11.2 Å². The quantitative estimate of drug-likeness (QED) is 0.456. The van der Waals surface area contributed by atoms with Crippen LogP contribution < -0.4 is 16.0 Å². The van der Waals surface area contributed by atoms with Gasteiger partial charge in [-0.15, -0.1) is 0 Å². The number of aromatic amines is 1. The van der Waals surface area contributed by atoms with Gasteiger partial charge in [-0.3, -0.25) is 14.9 Å². The van der Waals surface area contributed by atoms with E-state index in [1.807, 2.05) is 0 Å². The van der Waals surface area contributed by atoms with Crippen LogP contribution in [0.4, 0.5) is 24.7 Å². The number of nitrogens with one attached hydrogen (secondary N) is 1. The van der Waals surface area contributed by atoms with E-state index in [1.54, 1.807) is 12.1 Å². The molecule has 1 aromatic heterocycles. The summed E-state index contributed by atoms with van der Waals surface area (Å²) in [5.41, 5.74) is 1.69. The van der Waals surface area contributed by atoms with Crippen molar-refractivity contribution >= 4 is 11.5 Å². The van der Waals surface area contributed by atoms with Crippen LogP contribution >= 0.6 is 0 Å². The normalized spacial score (nSPS) is 10.8. The topological polar surface area (TPSA) is 159 Å². The molecule has 0 amide bonds. The molecule has 0 aliphatic heterocycles. The Labute approximate surface area is 176 Å². The fourth-order valence-electron chi connectivity index (χ4n) is 2.89. The number of non-ortho nitro benzene ring substituents is 1. The van der Waals surface area contributed by atoms with Crippen molar-refractivity contribution in [2.24, 2.45) is 0 Å². The molecule has 0 radical (unpaired) electrons. The van der Waals surface area contributed by atoms with Crippen molar-refractivity contribution in [2.45, 2.75) is 6.18 Å². The predicted molar refractivity (Wildman–Crippen MR) is 105 cm³/mol. The molecule has 0 bridgehead atoms. The standard InChI is InChI=1S/C20H10F3N5O4/c21-20(22,23)10-2-1-3-12(6-10)32-16-5-4-11(28(30)31)7-13(16)17-14(8-24)18(26)27-19(29)15(17)9-25/h1-7H,(H3,26,27,29). The Morgan fingerprint density at radius 1 is 1.09 bits per heavy atom. The maximum absolute atomic E-state index is 13.0. The number of benzene rings is 2. The summed E-state index contributed by atoms with van der Waals surface area (Å²) < 4.78 is 44.6. The van der Waals surface area contributed by atoms with E-state index in [0.29, 0.717) is 6.07 Å². The fourth-order valence-corrected chi connectivity index (χ4v) is 2.89. The zero-order valence-corrected chi connectivity index (χ0v) is 15.7. The number of pyridine rings is 1. The van der Waals surface area contributed by atoms with Crippen LogP contribution in [-0.2, 0) is 6.18 Å². The molecule has 1 heterocycles. The molecular weight excluding hydrogens is 431 g/mol. The maximum Gasteiger partial charge on any atom is 0.416 e. The highest BCUT2D eigenvalue weighted by atomic mass is 19.4. The summed E-state index contributed by atoms with van der Waals surface area (Å²) in [7, 11) is 0. The molecule has 0 fully saturated rings. The number of nitrogens with two attached hydrogens (primary N) is 1. The second-order valence-electron chi connectivity index (χ2n) is 6.28. The molecular formula is C20H10F3N5O4. The van der Waals surface area contributed by atoms with Crippen LogP contribution in [0.3, 0.4) is 0 Å². The number of hydrogen-bond acceptors (Lipinski definition) is 7. The summed E-state index contributed by atoms with van der Waals surface area (Å²) in [4.78, 5) is 24.8. The SMILES string of the molecule is N#Cc1c(N)[nH]c(=O)c(C#N)c1-c1cc([N+](=O)[O-])ccc1Oc1cccc(C(F)(F)F)c1. The first-order valence-electron chi connectivity index (χ1n) is 8.56. The number of H-pyrrole nitrogens is 1. The van der Waals surface area contributed by atoms with Gasteiger partial charge in [0.1, 0.15) is 40.6 Å². The predicted octanol–water partition coefficient (Wildman–Crippen LogP) is 4.09. The van der Waals surface area contributed by atoms with Gasteiger partial charge >= 0.3 is 6.18 Å². The summed E-state index contributed by atoms with van der Waals surface area (Å²) >= 11 is 0. The third-order valence-electron chi connectivity index (χ3n) is 4.30. The highest BCUT2D eigenvalue weighted by molar-refractivity contribution is 5.84. The number of nitro benzene ring substituents is 1. The van der Waals surface area contributed by atoms with Crippen LogP contribution in [0.25, 0.3) is 11.1 Å². The summed E-state index contributed by atoms with van der Waals surface area (Å²) in [5, 5.41) is 30.2. The van der Waals surface area contributed by atoms with Crippen molar-refractivity contribution in [2.75, 3.05) is 5.73 Å². The lowest BCUT2D eigenvalue weighted by Crippen LogP contribution is -2.16. The number of nitriles is 2. The summed E-state index contributed by atoms with van der Waals surface area (Å²) in [6.45, 7) is 0. The molecule has 3 rings (SSSR count). The van der Waals surface area contributed by atoms with Gasteiger partial charge in [-0.05, 0) is 24.3 Å². The minimum absolute atomic E-state index is 0.243. The number of hydrogen-bond donors (Lipinski definition) is 2. The van der Waals surface area contributed by atoms with Crippen molar-refractivity contribution in [3.05, 3.63) is 79.6 Å². The molecule has 32 heavy (non-hydrogen) atoms. The lowest BCUT2D eigenvalue weighted by atomic mass is 9.95. The molecule has 0 unspecified atom stereocenters. The van der Waals surface area contributed by atoms with E-state index in [1.165, 1.54) is 6.07 Å². The van der Waals surface area contributed by atoms with Gasteiger partial charge in [0.05, 0.1) is 10.5 Å². The van der Waals surface area contributed by atoms with Crippen LogP contribution in [0.2, 0.25) is 0 Å². The summed E-state index contributed by atoms with van der Waals surface area (Å²) in [6.07, 6.45) is -4.65. The molecule has 160 valence electrons. The van der Waals surface area contributed by atoms with Gasteiger partial charge in [0.2, 0.25) is 0 Å². The Hall–Kier alpha value is -4.84. The Bertz CT molecular complexity index is 1380. The highest BCUT2D eigenvalue weighted by Crippen LogP contribution is 2.40. The smallest absolute Gasteiger partial charge is 0.416 e. The third-order valence-corrected chi connectivity index (χ3v) is 4.30. The van der Waals surface area contributed by atoms with Crippen LogP contribution in [0.15, 0.2) is 47.3 Å². The first-order valence-corrected chi connectivity index (χ1v) is 8.56. The molecule has 0 aliphatic rings. The van der Waals surface area contributed by atoms with Gasteiger partial charge in [-0.2, -0.15) is 23.7 Å². The number of nitrogen functional groups attached to an aromatic ring is 1. The van der Waals surface area contributed by atoms with E-state index in [0.717, 1.165) is 30.3 Å². The number of alkyl halides is 3. The van der Waals surface area contributed by atoms with Gasteiger partial charge in [-0.1, -0.05) is 6.07 Å². The average molecular weight is 441 g/mol. The monoisotopic (exact) mass is 441 g/mol. The van der Waals surface area contributed by atoms with E-state index in [4.69, 9.17) is 10.5 Å². The average Bonchev–Trinajstić information content (AvgIpc) is 2.73. The number of nitro groups is 1. The molecule has 0 saturated carbocycles. The van der Waals surface area contributed by atoms with Gasteiger partial charge in [0.15, 0.2) is 0 Å². The Morgan fingerprint density at radius 3 is 2.38 bits per heavy atom. The number of anilines is 1. The molecule has 0 spiro atoms. The van der Waals surface area contributed by atoms with Gasteiger partial charge in [0, 0.05) is 23.3 Å². The van der Waals surface area contributed by atoms with Crippen molar-refractivity contribution in [1.82, 2.24) is 4.98 Å². The van der Waals surface area contributed by atoms with Gasteiger partial charge in [-0.25, -0.2) is 0 Å². The van der Waals surface area contributed by atoms with E-state index >= 15 is 0 Å². The zero-order valence-electron chi connectivity index (χ0n) is 15.7. The molecule has 0 atom stereocenters. The molecule has 0 aliphatic carbocycles. The van der Waals surface area contributed by atoms with E-state index in [-0.39, 0.29) is 28.2 Å². The van der Waals surface area contributed by atoms with Crippen LogP contribution in [0.5, 0.6) is 11.5 Å². The molecule has 12 heteroatoms. The minimum atomic E-state index is -4.65. The lowest BCUT2D eigenvalue weighted by Gasteiger charge is -2.15. The zero-order chi connectivity index (χ0) is 23.6. The van der Waals surface area contributed by atoms with Crippen molar-refractivity contribution in [3.63, 3.8) is 0 Å². The molecule has 9 nitrogen and oxygen atoms in total. The second-order valence-corrected chi connectivity index (χ2v) is 6.28. The number of aromatic nitrogens is 1. The van der Waals surface area contributed by atoms with E-state index < -0.39 is 39.3 Å². The molecule has 3 N–H and O–H groups in total. The Balaban J connectivity index is 2.31. The first kappa shape index (κ1) is 21.9. The van der Waals surface area contributed by atoms with Crippen LogP contribution in [-0.4, -0.2) is 9.91 Å². The summed E-state index contributed by atoms with van der Waals surface area (Å²) in [6, 6.07) is 10.2. The van der Waals surface area contributed by atoms with E-state index in [9.17, 15) is 38.6 Å². The van der Waals surface area contributed by atoms with Crippen LogP contribution in [0, 0.1) is 32.8 Å². The number of nitrogens with zero attached hydrogens (tertiary/aromatic N) is 3. The number of halogens is 3. The minimum Gasteiger partial charge on any atom is -0.457 e. The number of ether oxygens (including phenoxy) is 1. The maximum atomic E-state index is 13.0. The highest BCUT2D eigenvalue weighted by Gasteiger charge is 2.31. The summed E-state index contributed by atoms with van der Waals surface area (Å²) in [5.74, 6) is -0.916. The van der Waals surface area contributed by atoms with Crippen LogP contribution in [0.1, 0.15) is 16.7 Å². The second kappa shape index (κ2) is 8.12. The largest absolute Gasteiger partial charge is 0.457 e. The molecule has 2 aromatic carbocycles. The lowest BCUT2D eigenvalue weighted by molar-refractivity contribution is -0.384.